The van der Waals surface area contributed by atoms with E-state index in [0.717, 1.165) is 6.54 Å². The van der Waals surface area contributed by atoms with Crippen LogP contribution in [0.15, 0.2) is 30.5 Å². The monoisotopic (exact) mass is 295 g/mol. The highest BCUT2D eigenvalue weighted by atomic mass is 19.3. The van der Waals surface area contributed by atoms with E-state index in [9.17, 15) is 8.78 Å². The Balaban J connectivity index is 2.32. The van der Waals surface area contributed by atoms with Crippen LogP contribution < -0.4 is 10.1 Å². The minimum atomic E-state index is -2.58. The van der Waals surface area contributed by atoms with Gasteiger partial charge in [-0.25, -0.2) is 13.5 Å². The molecule has 0 spiro atoms. The molecule has 0 atom stereocenters. The molecule has 6 heteroatoms. The summed E-state index contributed by atoms with van der Waals surface area (Å²) in [7, 11) is 0. The first kappa shape index (κ1) is 15.4. The molecule has 1 heterocycles. The molecule has 2 aromatic rings. The molecule has 0 bridgehead atoms. The molecular weight excluding hydrogens is 276 g/mol. The topological polar surface area (TPSA) is 39.1 Å². The predicted molar refractivity (Wildman–Crippen MR) is 77.1 cm³/mol. The molecule has 0 fully saturated rings. The van der Waals surface area contributed by atoms with Gasteiger partial charge >= 0.3 is 0 Å². The van der Waals surface area contributed by atoms with Gasteiger partial charge in [-0.2, -0.15) is 5.10 Å². The van der Waals surface area contributed by atoms with Gasteiger partial charge in [-0.15, -0.1) is 0 Å². The molecule has 0 radical (unpaired) electrons. The van der Waals surface area contributed by atoms with E-state index in [-0.39, 0.29) is 5.69 Å². The third kappa shape index (κ3) is 3.58. The van der Waals surface area contributed by atoms with Crippen molar-refractivity contribution >= 4 is 0 Å². The van der Waals surface area contributed by atoms with E-state index in [4.69, 9.17) is 4.74 Å². The van der Waals surface area contributed by atoms with Gasteiger partial charge in [0, 0.05) is 12.1 Å². The van der Waals surface area contributed by atoms with Gasteiger partial charge in [-0.3, -0.25) is 0 Å². The highest BCUT2D eigenvalue weighted by molar-refractivity contribution is 5.39. The van der Waals surface area contributed by atoms with Crippen molar-refractivity contribution in [2.75, 3.05) is 13.2 Å². The summed E-state index contributed by atoms with van der Waals surface area (Å²) in [6.07, 6.45) is -1.09. The SMILES string of the molecule is CCNCc1cnn(-c2ccc(OCC)cc2)c1C(F)F. The van der Waals surface area contributed by atoms with Crippen molar-refractivity contribution in [1.82, 2.24) is 15.1 Å². The normalized spacial score (nSPS) is 11.1. The molecule has 2 rings (SSSR count). The number of nitrogens with one attached hydrogen (secondary N) is 1. The van der Waals surface area contributed by atoms with Crippen molar-refractivity contribution in [1.29, 1.82) is 0 Å². The first-order chi connectivity index (χ1) is 10.2. The summed E-state index contributed by atoms with van der Waals surface area (Å²) in [6.45, 7) is 5.49. The number of hydrogen-bond acceptors (Lipinski definition) is 3. The maximum Gasteiger partial charge on any atom is 0.280 e. The van der Waals surface area contributed by atoms with E-state index in [1.165, 1.54) is 10.9 Å². The summed E-state index contributed by atoms with van der Waals surface area (Å²) in [5.41, 5.74) is 1.04. The summed E-state index contributed by atoms with van der Waals surface area (Å²) < 4.78 is 33.3. The van der Waals surface area contributed by atoms with Crippen LogP contribution in [0.2, 0.25) is 0 Å². The maximum atomic E-state index is 13.3. The first-order valence-corrected chi connectivity index (χ1v) is 6.96. The molecule has 1 aromatic heterocycles. The number of ether oxygens (including phenoxy) is 1. The zero-order chi connectivity index (χ0) is 15.2. The number of aromatic nitrogens is 2. The predicted octanol–water partition coefficient (Wildman–Crippen LogP) is 3.32. The highest BCUT2D eigenvalue weighted by Gasteiger charge is 2.20. The van der Waals surface area contributed by atoms with Crippen LogP contribution in [0, 0.1) is 0 Å². The fourth-order valence-electron chi connectivity index (χ4n) is 2.08. The van der Waals surface area contributed by atoms with Crippen LogP contribution in [0.25, 0.3) is 5.69 Å². The van der Waals surface area contributed by atoms with Crippen molar-refractivity contribution in [3.63, 3.8) is 0 Å². The maximum absolute atomic E-state index is 13.3. The molecule has 0 amide bonds. The Kier molecular flexibility index (Phi) is 5.27. The van der Waals surface area contributed by atoms with Crippen LogP contribution in [0.1, 0.15) is 31.5 Å². The van der Waals surface area contributed by atoms with Crippen molar-refractivity contribution in [2.24, 2.45) is 0 Å². The Morgan fingerprint density at radius 2 is 1.95 bits per heavy atom. The minimum absolute atomic E-state index is 0.0693. The van der Waals surface area contributed by atoms with E-state index < -0.39 is 6.43 Å². The second-order valence-electron chi connectivity index (χ2n) is 4.47. The van der Waals surface area contributed by atoms with E-state index >= 15 is 0 Å². The lowest BCUT2D eigenvalue weighted by molar-refractivity contribution is 0.141. The number of benzene rings is 1. The fourth-order valence-corrected chi connectivity index (χ4v) is 2.08. The van der Waals surface area contributed by atoms with Crippen LogP contribution in [0.3, 0.4) is 0 Å². The van der Waals surface area contributed by atoms with Crippen LogP contribution in [0.4, 0.5) is 8.78 Å². The first-order valence-electron chi connectivity index (χ1n) is 6.96. The van der Waals surface area contributed by atoms with E-state index in [1.54, 1.807) is 24.3 Å². The van der Waals surface area contributed by atoms with E-state index in [1.807, 2.05) is 13.8 Å². The quantitative estimate of drug-likeness (QED) is 0.851. The molecule has 0 aliphatic rings. The highest BCUT2D eigenvalue weighted by Crippen LogP contribution is 2.26. The zero-order valence-electron chi connectivity index (χ0n) is 12.1. The van der Waals surface area contributed by atoms with Gasteiger partial charge in [0.1, 0.15) is 11.4 Å². The Hall–Kier alpha value is -1.95. The molecule has 4 nitrogen and oxygen atoms in total. The summed E-state index contributed by atoms with van der Waals surface area (Å²) in [4.78, 5) is 0. The van der Waals surface area contributed by atoms with Gasteiger partial charge in [0.15, 0.2) is 0 Å². The Bertz CT molecular complexity index is 567. The van der Waals surface area contributed by atoms with Crippen molar-refractivity contribution < 1.29 is 13.5 Å². The molecule has 114 valence electrons. The Labute approximate surface area is 122 Å². The van der Waals surface area contributed by atoms with Gasteiger partial charge in [-0.05, 0) is 37.7 Å². The number of nitrogens with zero attached hydrogens (tertiary/aromatic N) is 2. The van der Waals surface area contributed by atoms with Crippen LogP contribution >= 0.6 is 0 Å². The third-order valence-corrected chi connectivity index (χ3v) is 3.05. The van der Waals surface area contributed by atoms with Crippen molar-refractivity contribution in [3.05, 3.63) is 41.7 Å². The number of alkyl halides is 2. The van der Waals surface area contributed by atoms with Crippen molar-refractivity contribution in [3.8, 4) is 11.4 Å². The smallest absolute Gasteiger partial charge is 0.280 e. The van der Waals surface area contributed by atoms with Gasteiger partial charge in [-0.1, -0.05) is 6.92 Å². The molecule has 0 saturated carbocycles. The Morgan fingerprint density at radius 1 is 1.24 bits per heavy atom. The molecule has 0 aliphatic carbocycles. The lowest BCUT2D eigenvalue weighted by Gasteiger charge is -2.10. The summed E-state index contributed by atoms with van der Waals surface area (Å²) in [5, 5.41) is 7.14. The average Bonchev–Trinajstić information content (AvgIpc) is 2.90. The zero-order valence-corrected chi connectivity index (χ0v) is 12.1. The van der Waals surface area contributed by atoms with Gasteiger partial charge in [0.05, 0.1) is 18.5 Å². The molecule has 1 N–H and O–H groups in total. The number of rotatable bonds is 7. The lowest BCUT2D eigenvalue weighted by Crippen LogP contribution is -2.13. The van der Waals surface area contributed by atoms with E-state index in [0.29, 0.717) is 30.2 Å². The van der Waals surface area contributed by atoms with Crippen LogP contribution in [0.5, 0.6) is 5.75 Å². The molecule has 21 heavy (non-hydrogen) atoms. The summed E-state index contributed by atoms with van der Waals surface area (Å²) in [6, 6.07) is 6.95. The number of halogens is 2. The third-order valence-electron chi connectivity index (χ3n) is 3.05. The lowest BCUT2D eigenvalue weighted by atomic mass is 10.2. The molecule has 1 aromatic carbocycles. The molecular formula is C15H19F2N3O. The molecule has 0 aliphatic heterocycles. The second-order valence-corrected chi connectivity index (χ2v) is 4.47. The fraction of sp³-hybridized carbons (Fsp3) is 0.400. The van der Waals surface area contributed by atoms with Crippen LogP contribution in [-0.2, 0) is 6.54 Å². The second kappa shape index (κ2) is 7.17. The average molecular weight is 295 g/mol. The summed E-state index contributed by atoms with van der Waals surface area (Å²) in [5.74, 6) is 0.708. The Morgan fingerprint density at radius 3 is 2.52 bits per heavy atom. The minimum Gasteiger partial charge on any atom is -0.494 e. The molecule has 0 unspecified atom stereocenters. The van der Waals surface area contributed by atoms with Crippen molar-refractivity contribution in [2.45, 2.75) is 26.8 Å². The molecule has 0 saturated heterocycles. The number of hydrogen-bond donors (Lipinski definition) is 1. The largest absolute Gasteiger partial charge is 0.494 e. The van der Waals surface area contributed by atoms with Gasteiger partial charge in [0.25, 0.3) is 6.43 Å². The standard InChI is InChI=1S/C15H19F2N3O/c1-3-18-9-11-10-19-20(14(11)15(16)17)12-5-7-13(8-6-12)21-4-2/h5-8,10,15,18H,3-4,9H2,1-2H3. The van der Waals surface area contributed by atoms with E-state index in [2.05, 4.69) is 10.4 Å². The van der Waals surface area contributed by atoms with Gasteiger partial charge in [0.2, 0.25) is 0 Å². The van der Waals surface area contributed by atoms with Gasteiger partial charge < -0.3 is 10.1 Å². The summed E-state index contributed by atoms with van der Waals surface area (Å²) >= 11 is 0. The van der Waals surface area contributed by atoms with Crippen LogP contribution in [-0.4, -0.2) is 22.9 Å².